The quantitative estimate of drug-likeness (QED) is 0.747. The minimum Gasteiger partial charge on any atom is -0.355 e. The van der Waals surface area contributed by atoms with Crippen molar-refractivity contribution in [2.45, 2.75) is 39.7 Å². The number of nitrogens with one attached hydrogen (secondary N) is 1. The molecule has 0 aliphatic rings. The van der Waals surface area contributed by atoms with Crippen LogP contribution >= 0.6 is 0 Å². The molecule has 0 spiro atoms. The lowest BCUT2D eigenvalue weighted by atomic mass is 9.83. The lowest BCUT2D eigenvalue weighted by molar-refractivity contribution is -0.128. The Morgan fingerprint density at radius 1 is 1.50 bits per heavy atom. The Labute approximate surface area is 108 Å². The van der Waals surface area contributed by atoms with Crippen LogP contribution in [0.15, 0.2) is 18.7 Å². The molecule has 1 aromatic heterocycles. The van der Waals surface area contributed by atoms with Crippen molar-refractivity contribution in [3.8, 4) is 6.07 Å². The van der Waals surface area contributed by atoms with Crippen molar-refractivity contribution in [1.82, 2.24) is 14.9 Å². The van der Waals surface area contributed by atoms with Crippen LogP contribution in [-0.2, 0) is 11.3 Å². The van der Waals surface area contributed by atoms with E-state index >= 15 is 0 Å². The van der Waals surface area contributed by atoms with Crippen LogP contribution in [0.25, 0.3) is 0 Å². The fourth-order valence-corrected chi connectivity index (χ4v) is 1.83. The lowest BCUT2D eigenvalue weighted by Gasteiger charge is -2.22. The maximum absolute atomic E-state index is 12.0. The average Bonchev–Trinajstić information content (AvgIpc) is 2.90. The van der Waals surface area contributed by atoms with Gasteiger partial charge in [-0.2, -0.15) is 5.26 Å². The van der Waals surface area contributed by atoms with Gasteiger partial charge in [0.05, 0.1) is 12.4 Å². The van der Waals surface area contributed by atoms with E-state index in [0.29, 0.717) is 19.4 Å². The van der Waals surface area contributed by atoms with E-state index in [2.05, 4.69) is 16.4 Å². The van der Waals surface area contributed by atoms with E-state index in [4.69, 9.17) is 5.26 Å². The van der Waals surface area contributed by atoms with Crippen molar-refractivity contribution in [3.05, 3.63) is 18.7 Å². The summed E-state index contributed by atoms with van der Waals surface area (Å²) in [6, 6.07) is 2.14. The van der Waals surface area contributed by atoms with Gasteiger partial charge in [-0.05, 0) is 19.3 Å². The zero-order valence-electron chi connectivity index (χ0n) is 11.0. The first kappa shape index (κ1) is 14.2. The average molecular weight is 248 g/mol. The van der Waals surface area contributed by atoms with Crippen molar-refractivity contribution in [2.24, 2.45) is 5.41 Å². The highest BCUT2D eigenvalue weighted by molar-refractivity contribution is 5.85. The Morgan fingerprint density at radius 2 is 2.22 bits per heavy atom. The molecule has 1 amide bonds. The molecule has 5 nitrogen and oxygen atoms in total. The summed E-state index contributed by atoms with van der Waals surface area (Å²) in [6.07, 6.45) is 7.30. The zero-order chi connectivity index (χ0) is 13.4. The van der Waals surface area contributed by atoms with Gasteiger partial charge < -0.3 is 9.88 Å². The first-order valence-electron chi connectivity index (χ1n) is 6.33. The van der Waals surface area contributed by atoms with Crippen LogP contribution in [0.3, 0.4) is 0 Å². The topological polar surface area (TPSA) is 70.7 Å². The summed E-state index contributed by atoms with van der Waals surface area (Å²) in [5.41, 5.74) is -0.866. The summed E-state index contributed by atoms with van der Waals surface area (Å²) in [4.78, 5) is 15.9. The third-order valence-electron chi connectivity index (χ3n) is 3.29. The standard InChI is InChI=1S/C13H20N4O/c1-3-13(4-2,10-14)12(18)16-6-5-8-17-9-7-15-11-17/h7,9,11H,3-6,8H2,1-2H3,(H,16,18). The number of rotatable bonds is 7. The number of amides is 1. The van der Waals surface area contributed by atoms with Gasteiger partial charge in [-0.3, -0.25) is 4.79 Å². The van der Waals surface area contributed by atoms with E-state index in [-0.39, 0.29) is 5.91 Å². The first-order chi connectivity index (χ1) is 8.68. The normalized spacial score (nSPS) is 10.9. The summed E-state index contributed by atoms with van der Waals surface area (Å²) in [6.45, 7) is 5.15. The number of imidazole rings is 1. The summed E-state index contributed by atoms with van der Waals surface area (Å²) in [5, 5.41) is 12.0. The van der Waals surface area contributed by atoms with Gasteiger partial charge in [0.2, 0.25) is 5.91 Å². The third-order valence-corrected chi connectivity index (χ3v) is 3.29. The Balaban J connectivity index is 2.34. The second-order valence-electron chi connectivity index (χ2n) is 4.31. The van der Waals surface area contributed by atoms with Crippen LogP contribution in [0, 0.1) is 16.7 Å². The van der Waals surface area contributed by atoms with Gasteiger partial charge in [-0.15, -0.1) is 0 Å². The second kappa shape index (κ2) is 6.80. The first-order valence-corrected chi connectivity index (χ1v) is 6.33. The highest BCUT2D eigenvalue weighted by atomic mass is 16.2. The minimum atomic E-state index is -0.866. The molecule has 0 bridgehead atoms. The SMILES string of the molecule is CCC(C#N)(CC)C(=O)NCCCn1ccnc1. The molecular weight excluding hydrogens is 228 g/mol. The predicted molar refractivity (Wildman–Crippen MR) is 68.5 cm³/mol. The van der Waals surface area contributed by atoms with E-state index in [1.165, 1.54) is 0 Å². The Kier molecular flexibility index (Phi) is 5.37. The molecule has 18 heavy (non-hydrogen) atoms. The lowest BCUT2D eigenvalue weighted by Crippen LogP contribution is -2.40. The van der Waals surface area contributed by atoms with Crippen LogP contribution in [-0.4, -0.2) is 22.0 Å². The fourth-order valence-electron chi connectivity index (χ4n) is 1.83. The molecule has 5 heteroatoms. The number of aryl methyl sites for hydroxylation is 1. The van der Waals surface area contributed by atoms with Crippen LogP contribution in [0.5, 0.6) is 0 Å². The van der Waals surface area contributed by atoms with Crippen molar-refractivity contribution >= 4 is 5.91 Å². The number of nitrogens with zero attached hydrogens (tertiary/aromatic N) is 3. The molecule has 0 atom stereocenters. The highest BCUT2D eigenvalue weighted by Gasteiger charge is 2.34. The summed E-state index contributed by atoms with van der Waals surface area (Å²) in [5.74, 6) is -0.152. The number of carbonyl (C=O) groups is 1. The van der Waals surface area contributed by atoms with E-state index in [1.54, 1.807) is 12.5 Å². The molecule has 1 N–H and O–H groups in total. The summed E-state index contributed by atoms with van der Waals surface area (Å²) < 4.78 is 1.96. The number of hydrogen-bond acceptors (Lipinski definition) is 3. The van der Waals surface area contributed by atoms with Crippen LogP contribution < -0.4 is 5.32 Å². The summed E-state index contributed by atoms with van der Waals surface area (Å²) in [7, 11) is 0. The third kappa shape index (κ3) is 3.33. The van der Waals surface area contributed by atoms with Gasteiger partial charge in [-0.1, -0.05) is 13.8 Å². The maximum Gasteiger partial charge on any atom is 0.240 e. The second-order valence-corrected chi connectivity index (χ2v) is 4.31. The predicted octanol–water partition coefficient (Wildman–Crippen LogP) is 1.72. The molecular formula is C13H20N4O. The molecule has 0 saturated heterocycles. The van der Waals surface area contributed by atoms with Crippen LogP contribution in [0.1, 0.15) is 33.1 Å². The van der Waals surface area contributed by atoms with E-state index in [1.807, 2.05) is 24.6 Å². The monoisotopic (exact) mass is 248 g/mol. The molecule has 0 fully saturated rings. The Hall–Kier alpha value is -1.83. The van der Waals surface area contributed by atoms with E-state index < -0.39 is 5.41 Å². The van der Waals surface area contributed by atoms with Gasteiger partial charge >= 0.3 is 0 Å². The molecule has 0 aliphatic heterocycles. The fraction of sp³-hybridized carbons (Fsp3) is 0.615. The van der Waals surface area contributed by atoms with Crippen LogP contribution in [0.4, 0.5) is 0 Å². The molecule has 0 aromatic carbocycles. The van der Waals surface area contributed by atoms with Crippen molar-refractivity contribution in [2.75, 3.05) is 6.54 Å². The Morgan fingerprint density at radius 3 is 2.72 bits per heavy atom. The van der Waals surface area contributed by atoms with Gasteiger partial charge in [0, 0.05) is 25.5 Å². The minimum absolute atomic E-state index is 0.152. The van der Waals surface area contributed by atoms with Crippen molar-refractivity contribution in [1.29, 1.82) is 5.26 Å². The number of aromatic nitrogens is 2. The molecule has 0 saturated carbocycles. The molecule has 98 valence electrons. The molecule has 1 heterocycles. The number of hydrogen-bond donors (Lipinski definition) is 1. The summed E-state index contributed by atoms with van der Waals surface area (Å²) >= 11 is 0. The molecule has 1 aromatic rings. The zero-order valence-corrected chi connectivity index (χ0v) is 11.0. The molecule has 0 radical (unpaired) electrons. The van der Waals surface area contributed by atoms with E-state index in [9.17, 15) is 4.79 Å². The highest BCUT2D eigenvalue weighted by Crippen LogP contribution is 2.25. The number of carbonyl (C=O) groups excluding carboxylic acids is 1. The van der Waals surface area contributed by atoms with Crippen molar-refractivity contribution < 1.29 is 4.79 Å². The van der Waals surface area contributed by atoms with Crippen LogP contribution in [0.2, 0.25) is 0 Å². The van der Waals surface area contributed by atoms with Gasteiger partial charge in [0.1, 0.15) is 5.41 Å². The van der Waals surface area contributed by atoms with Gasteiger partial charge in [-0.25, -0.2) is 4.98 Å². The van der Waals surface area contributed by atoms with Gasteiger partial charge in [0.15, 0.2) is 0 Å². The smallest absolute Gasteiger partial charge is 0.240 e. The molecule has 0 aliphatic carbocycles. The Bertz CT molecular complexity index is 401. The largest absolute Gasteiger partial charge is 0.355 e. The molecule has 1 rings (SSSR count). The van der Waals surface area contributed by atoms with Crippen molar-refractivity contribution in [3.63, 3.8) is 0 Å². The maximum atomic E-state index is 12.0. The molecule has 0 unspecified atom stereocenters. The number of nitriles is 1. The van der Waals surface area contributed by atoms with Gasteiger partial charge in [0.25, 0.3) is 0 Å². The van der Waals surface area contributed by atoms with E-state index in [0.717, 1.165) is 13.0 Å².